The average molecular weight is 317 g/mol. The molecule has 3 fully saturated rings. The van der Waals surface area contributed by atoms with E-state index in [-0.39, 0.29) is 6.10 Å². The summed E-state index contributed by atoms with van der Waals surface area (Å²) in [5.41, 5.74) is 1.30. The third-order valence-corrected chi connectivity index (χ3v) is 5.41. The highest BCUT2D eigenvalue weighted by Crippen LogP contribution is 2.36. The number of hydrogen-bond acceptors (Lipinski definition) is 4. The lowest BCUT2D eigenvalue weighted by Crippen LogP contribution is -2.43. The fourth-order valence-corrected chi connectivity index (χ4v) is 3.92. The highest BCUT2D eigenvalue weighted by Gasteiger charge is 2.43. The fraction of sp³-hybridized carbons (Fsp3) is 0.684. The highest BCUT2D eigenvalue weighted by atomic mass is 16.5. The predicted octanol–water partition coefficient (Wildman–Crippen LogP) is 2.85. The van der Waals surface area contributed by atoms with Gasteiger partial charge in [0.1, 0.15) is 5.75 Å². The molecule has 126 valence electrons. The van der Waals surface area contributed by atoms with Gasteiger partial charge in [0.05, 0.1) is 25.9 Å². The van der Waals surface area contributed by atoms with Crippen molar-refractivity contribution in [3.8, 4) is 5.75 Å². The highest BCUT2D eigenvalue weighted by molar-refractivity contribution is 5.28. The molecule has 23 heavy (non-hydrogen) atoms. The van der Waals surface area contributed by atoms with Crippen LogP contribution < -0.4 is 4.74 Å². The van der Waals surface area contributed by atoms with Gasteiger partial charge in [-0.05, 0) is 49.3 Å². The van der Waals surface area contributed by atoms with Crippen LogP contribution in [0.3, 0.4) is 0 Å². The molecule has 1 aliphatic heterocycles. The van der Waals surface area contributed by atoms with Crippen molar-refractivity contribution in [1.82, 2.24) is 4.90 Å². The average Bonchev–Trinajstić information content (AvgIpc) is 3.32. The SMILES string of the molecule is COc1cccc(CN2CCOC3CCC2C3OCC2CC2)c1. The van der Waals surface area contributed by atoms with Crippen molar-refractivity contribution < 1.29 is 14.2 Å². The monoisotopic (exact) mass is 317 g/mol. The summed E-state index contributed by atoms with van der Waals surface area (Å²) >= 11 is 0. The molecule has 3 atom stereocenters. The number of nitrogens with zero attached hydrogens (tertiary/aromatic N) is 1. The zero-order valence-electron chi connectivity index (χ0n) is 13.9. The van der Waals surface area contributed by atoms with Crippen molar-refractivity contribution in [1.29, 1.82) is 0 Å². The Labute approximate surface area is 138 Å². The van der Waals surface area contributed by atoms with Crippen molar-refractivity contribution in [2.24, 2.45) is 5.92 Å². The molecule has 1 aromatic carbocycles. The summed E-state index contributed by atoms with van der Waals surface area (Å²) in [7, 11) is 1.72. The molecule has 0 N–H and O–H groups in total. The Hall–Kier alpha value is -1.10. The van der Waals surface area contributed by atoms with Crippen LogP contribution in [0, 0.1) is 5.92 Å². The van der Waals surface area contributed by atoms with Crippen molar-refractivity contribution in [3.63, 3.8) is 0 Å². The zero-order valence-corrected chi connectivity index (χ0v) is 13.9. The Morgan fingerprint density at radius 3 is 2.96 bits per heavy atom. The van der Waals surface area contributed by atoms with Crippen LogP contribution in [0.5, 0.6) is 5.75 Å². The quantitative estimate of drug-likeness (QED) is 0.807. The summed E-state index contributed by atoms with van der Waals surface area (Å²) < 4.78 is 17.7. The molecule has 3 unspecified atom stereocenters. The van der Waals surface area contributed by atoms with Gasteiger partial charge in [0.2, 0.25) is 0 Å². The predicted molar refractivity (Wildman–Crippen MR) is 88.6 cm³/mol. The van der Waals surface area contributed by atoms with Crippen molar-refractivity contribution in [2.45, 2.75) is 50.5 Å². The molecule has 0 aromatic heterocycles. The molecule has 0 spiro atoms. The molecule has 2 aliphatic carbocycles. The third kappa shape index (κ3) is 3.54. The Morgan fingerprint density at radius 1 is 1.22 bits per heavy atom. The fourth-order valence-electron chi connectivity index (χ4n) is 3.92. The van der Waals surface area contributed by atoms with Crippen molar-refractivity contribution >= 4 is 0 Å². The third-order valence-electron chi connectivity index (χ3n) is 5.41. The van der Waals surface area contributed by atoms with Crippen LogP contribution in [0.1, 0.15) is 31.2 Å². The second-order valence-corrected chi connectivity index (χ2v) is 7.12. The summed E-state index contributed by atoms with van der Waals surface area (Å²) in [6.45, 7) is 3.67. The molecule has 1 saturated heterocycles. The van der Waals surface area contributed by atoms with Gasteiger partial charge in [-0.15, -0.1) is 0 Å². The molecule has 4 heteroatoms. The first-order valence-corrected chi connectivity index (χ1v) is 8.93. The first-order valence-electron chi connectivity index (χ1n) is 8.93. The minimum absolute atomic E-state index is 0.253. The number of methoxy groups -OCH3 is 1. The van der Waals surface area contributed by atoms with Crippen LogP contribution in [-0.2, 0) is 16.0 Å². The Morgan fingerprint density at radius 2 is 2.13 bits per heavy atom. The van der Waals surface area contributed by atoms with E-state index in [1.165, 1.54) is 24.8 Å². The van der Waals surface area contributed by atoms with Crippen LogP contribution in [0.2, 0.25) is 0 Å². The number of fused-ring (bicyclic) bond motifs is 2. The van der Waals surface area contributed by atoms with Gasteiger partial charge >= 0.3 is 0 Å². The number of ether oxygens (including phenoxy) is 3. The second-order valence-electron chi connectivity index (χ2n) is 7.12. The smallest absolute Gasteiger partial charge is 0.119 e. The zero-order chi connectivity index (χ0) is 15.6. The standard InChI is InChI=1S/C19H27NO3/c1-21-16-4-2-3-15(11-16)12-20-9-10-22-18-8-7-17(20)19(18)23-13-14-5-6-14/h2-4,11,14,17-19H,5-10,12-13H2,1H3. The minimum Gasteiger partial charge on any atom is -0.497 e. The van der Waals surface area contributed by atoms with E-state index in [1.54, 1.807) is 7.11 Å². The van der Waals surface area contributed by atoms with Gasteiger partial charge in [-0.3, -0.25) is 4.90 Å². The van der Waals surface area contributed by atoms with E-state index < -0.39 is 0 Å². The van der Waals surface area contributed by atoms with Crippen LogP contribution in [0.15, 0.2) is 24.3 Å². The van der Waals surface area contributed by atoms with E-state index in [9.17, 15) is 0 Å². The van der Waals surface area contributed by atoms with Gasteiger partial charge in [0.25, 0.3) is 0 Å². The van der Waals surface area contributed by atoms with Crippen LogP contribution in [0.4, 0.5) is 0 Å². The second kappa shape index (κ2) is 6.80. The molecule has 1 aromatic rings. The Bertz CT molecular complexity index is 531. The van der Waals surface area contributed by atoms with Gasteiger partial charge < -0.3 is 14.2 Å². The van der Waals surface area contributed by atoms with Gasteiger partial charge in [-0.2, -0.15) is 0 Å². The summed E-state index contributed by atoms with van der Waals surface area (Å²) in [5.74, 6) is 1.74. The van der Waals surface area contributed by atoms with Gasteiger partial charge in [-0.1, -0.05) is 12.1 Å². The Kier molecular flexibility index (Phi) is 4.56. The van der Waals surface area contributed by atoms with Crippen LogP contribution in [0.25, 0.3) is 0 Å². The summed E-state index contributed by atoms with van der Waals surface area (Å²) in [4.78, 5) is 2.55. The first kappa shape index (κ1) is 15.4. The lowest BCUT2D eigenvalue weighted by molar-refractivity contribution is -0.0572. The summed E-state index contributed by atoms with van der Waals surface area (Å²) in [5, 5.41) is 0. The minimum atomic E-state index is 0.253. The van der Waals surface area contributed by atoms with Crippen molar-refractivity contribution in [2.75, 3.05) is 26.9 Å². The maximum Gasteiger partial charge on any atom is 0.119 e. The lowest BCUT2D eigenvalue weighted by Gasteiger charge is -2.31. The van der Waals surface area contributed by atoms with Gasteiger partial charge in [0, 0.05) is 25.7 Å². The molecule has 2 saturated carbocycles. The van der Waals surface area contributed by atoms with E-state index in [2.05, 4.69) is 23.1 Å². The molecule has 3 aliphatic rings. The van der Waals surface area contributed by atoms with E-state index in [0.717, 1.165) is 44.4 Å². The molecular weight excluding hydrogens is 290 g/mol. The number of hydrogen-bond donors (Lipinski definition) is 0. The lowest BCUT2D eigenvalue weighted by atomic mass is 10.1. The molecule has 4 nitrogen and oxygen atoms in total. The van der Waals surface area contributed by atoms with E-state index >= 15 is 0 Å². The molecular formula is C19H27NO3. The first-order chi connectivity index (χ1) is 11.3. The summed E-state index contributed by atoms with van der Waals surface area (Å²) in [6.07, 6.45) is 5.56. The van der Waals surface area contributed by atoms with Crippen LogP contribution in [-0.4, -0.2) is 50.0 Å². The van der Waals surface area contributed by atoms with E-state index in [4.69, 9.17) is 14.2 Å². The molecule has 0 amide bonds. The molecule has 0 radical (unpaired) electrons. The van der Waals surface area contributed by atoms with Crippen molar-refractivity contribution in [3.05, 3.63) is 29.8 Å². The largest absolute Gasteiger partial charge is 0.497 e. The molecule has 2 bridgehead atoms. The topological polar surface area (TPSA) is 30.9 Å². The maximum atomic E-state index is 6.30. The van der Waals surface area contributed by atoms with Gasteiger partial charge in [0.15, 0.2) is 0 Å². The van der Waals surface area contributed by atoms with Gasteiger partial charge in [-0.25, -0.2) is 0 Å². The summed E-state index contributed by atoms with van der Waals surface area (Å²) in [6, 6.07) is 8.88. The normalized spacial score (nSPS) is 31.1. The molecule has 4 rings (SSSR count). The molecule has 1 heterocycles. The van der Waals surface area contributed by atoms with E-state index in [0.29, 0.717) is 12.1 Å². The Balaban J connectivity index is 1.45. The number of rotatable bonds is 6. The van der Waals surface area contributed by atoms with E-state index in [1.807, 2.05) is 6.07 Å². The van der Waals surface area contributed by atoms with Crippen LogP contribution >= 0.6 is 0 Å². The number of benzene rings is 1. The maximum absolute atomic E-state index is 6.30.